The molecule has 0 bridgehead atoms. The van der Waals surface area contributed by atoms with Crippen molar-refractivity contribution in [3.8, 4) is 0 Å². The van der Waals surface area contributed by atoms with Crippen LogP contribution in [0.4, 0.5) is 0 Å². The predicted molar refractivity (Wildman–Crippen MR) is 91.9 cm³/mol. The Bertz CT molecular complexity index is 554. The van der Waals surface area contributed by atoms with Gasteiger partial charge in [-0.3, -0.25) is 0 Å². The van der Waals surface area contributed by atoms with E-state index in [1.54, 1.807) is 0 Å². The summed E-state index contributed by atoms with van der Waals surface area (Å²) in [5.74, 6) is 1.000. The number of pyridine rings is 1. The van der Waals surface area contributed by atoms with Gasteiger partial charge in [-0.25, -0.2) is 4.98 Å². The molecule has 0 aliphatic carbocycles. The normalized spacial score (nSPS) is 12.3. The lowest BCUT2D eigenvalue weighted by Gasteiger charge is -2.19. The van der Waals surface area contributed by atoms with Crippen LogP contribution < -0.4 is 5.32 Å². The lowest BCUT2D eigenvalue weighted by atomic mass is 10.0. The molecule has 2 rings (SSSR count). The van der Waals surface area contributed by atoms with E-state index in [4.69, 9.17) is 0 Å². The number of benzene rings is 1. The van der Waals surface area contributed by atoms with E-state index in [1.165, 1.54) is 16.7 Å². The third-order valence-electron chi connectivity index (χ3n) is 3.61. The fourth-order valence-electron chi connectivity index (χ4n) is 2.17. The molecule has 1 atom stereocenters. The number of rotatable bonds is 7. The van der Waals surface area contributed by atoms with Crippen LogP contribution in [0, 0.1) is 13.8 Å². The maximum atomic E-state index is 4.39. The van der Waals surface area contributed by atoms with Crippen molar-refractivity contribution in [1.29, 1.82) is 0 Å². The molecule has 0 aliphatic rings. The second-order valence-corrected chi connectivity index (χ2v) is 6.37. The van der Waals surface area contributed by atoms with Crippen LogP contribution in [0.15, 0.2) is 47.6 Å². The average Bonchev–Trinajstić information content (AvgIpc) is 2.51. The van der Waals surface area contributed by atoms with E-state index in [0.29, 0.717) is 6.04 Å². The maximum absolute atomic E-state index is 4.39. The first kappa shape index (κ1) is 16.1. The summed E-state index contributed by atoms with van der Waals surface area (Å²) >= 11 is 1.81. The number of aryl methyl sites for hydroxylation is 2. The highest BCUT2D eigenvalue weighted by Gasteiger charge is 2.12. The molecule has 0 amide bonds. The smallest absolute Gasteiger partial charge is 0.0960 e. The quantitative estimate of drug-likeness (QED) is 0.760. The Morgan fingerprint density at radius 1 is 1.14 bits per heavy atom. The third-order valence-corrected chi connectivity index (χ3v) is 4.65. The van der Waals surface area contributed by atoms with Gasteiger partial charge < -0.3 is 5.32 Å². The van der Waals surface area contributed by atoms with Crippen LogP contribution in [0.25, 0.3) is 0 Å². The van der Waals surface area contributed by atoms with Crippen LogP contribution in [-0.2, 0) is 0 Å². The zero-order valence-electron chi connectivity index (χ0n) is 13.1. The molecule has 2 nitrogen and oxygen atoms in total. The standard InChI is InChI=1S/C18H24N2S/c1-4-10-19-17(13-21-18-7-5-6-11-20-18)16-9-8-14(2)15(3)12-16/h5-9,11-12,17,19H,4,10,13H2,1-3H3. The Labute approximate surface area is 132 Å². The van der Waals surface area contributed by atoms with Gasteiger partial charge in [-0.05, 0) is 55.6 Å². The molecular weight excluding hydrogens is 276 g/mol. The molecular formula is C18H24N2S. The Kier molecular flexibility index (Phi) is 6.27. The fraction of sp³-hybridized carbons (Fsp3) is 0.389. The molecule has 0 saturated carbocycles. The van der Waals surface area contributed by atoms with Crippen LogP contribution in [0.2, 0.25) is 0 Å². The number of hydrogen-bond acceptors (Lipinski definition) is 3. The summed E-state index contributed by atoms with van der Waals surface area (Å²) in [5, 5.41) is 4.74. The van der Waals surface area contributed by atoms with Gasteiger partial charge in [0.05, 0.1) is 5.03 Å². The second kappa shape index (κ2) is 8.20. The summed E-state index contributed by atoms with van der Waals surface area (Å²) in [6.07, 6.45) is 3.00. The van der Waals surface area contributed by atoms with Crippen LogP contribution in [0.1, 0.15) is 36.1 Å². The van der Waals surface area contributed by atoms with E-state index >= 15 is 0 Å². The molecule has 112 valence electrons. The van der Waals surface area contributed by atoms with Crippen LogP contribution >= 0.6 is 11.8 Å². The zero-order valence-corrected chi connectivity index (χ0v) is 13.9. The molecule has 0 aliphatic heterocycles. The van der Waals surface area contributed by atoms with E-state index in [9.17, 15) is 0 Å². The summed E-state index contributed by atoms with van der Waals surface area (Å²) in [4.78, 5) is 4.39. The SMILES string of the molecule is CCCNC(CSc1ccccn1)c1ccc(C)c(C)c1. The van der Waals surface area contributed by atoms with E-state index in [2.05, 4.69) is 55.3 Å². The summed E-state index contributed by atoms with van der Waals surface area (Å²) in [6.45, 7) is 7.59. The van der Waals surface area contributed by atoms with Crippen molar-refractivity contribution in [2.24, 2.45) is 0 Å². The van der Waals surface area contributed by atoms with Crippen LogP contribution in [0.3, 0.4) is 0 Å². The van der Waals surface area contributed by atoms with Gasteiger partial charge in [0.2, 0.25) is 0 Å². The molecule has 1 aromatic carbocycles. The van der Waals surface area contributed by atoms with Gasteiger partial charge in [-0.1, -0.05) is 31.2 Å². The molecule has 3 heteroatoms. The lowest BCUT2D eigenvalue weighted by molar-refractivity contribution is 0.577. The van der Waals surface area contributed by atoms with Crippen molar-refractivity contribution >= 4 is 11.8 Å². The highest BCUT2D eigenvalue weighted by molar-refractivity contribution is 7.99. The van der Waals surface area contributed by atoms with Crippen molar-refractivity contribution in [2.45, 2.75) is 38.3 Å². The highest BCUT2D eigenvalue weighted by Crippen LogP contribution is 2.24. The van der Waals surface area contributed by atoms with Crippen LogP contribution in [0.5, 0.6) is 0 Å². The second-order valence-electron chi connectivity index (χ2n) is 5.33. The number of nitrogens with zero attached hydrogens (tertiary/aromatic N) is 1. The third kappa shape index (κ3) is 4.87. The van der Waals surface area contributed by atoms with Gasteiger partial charge in [0, 0.05) is 18.0 Å². The van der Waals surface area contributed by atoms with Gasteiger partial charge in [0.1, 0.15) is 0 Å². The first-order valence-corrected chi connectivity index (χ1v) is 8.53. The molecule has 0 saturated heterocycles. The molecule has 1 unspecified atom stereocenters. The Morgan fingerprint density at radius 2 is 2.00 bits per heavy atom. The largest absolute Gasteiger partial charge is 0.309 e. The molecule has 2 aromatic rings. The number of hydrogen-bond donors (Lipinski definition) is 1. The van der Waals surface area contributed by atoms with E-state index < -0.39 is 0 Å². The lowest BCUT2D eigenvalue weighted by Crippen LogP contribution is -2.24. The first-order chi connectivity index (χ1) is 10.2. The van der Waals surface area contributed by atoms with Gasteiger partial charge in [0.15, 0.2) is 0 Å². The minimum atomic E-state index is 0.372. The number of aromatic nitrogens is 1. The summed E-state index contributed by atoms with van der Waals surface area (Å²) < 4.78 is 0. The number of nitrogens with one attached hydrogen (secondary N) is 1. The van der Waals surface area contributed by atoms with Crippen molar-refractivity contribution in [3.05, 3.63) is 59.3 Å². The average molecular weight is 300 g/mol. The monoisotopic (exact) mass is 300 g/mol. The topological polar surface area (TPSA) is 24.9 Å². The Hall–Kier alpha value is -1.32. The Morgan fingerprint density at radius 3 is 2.67 bits per heavy atom. The minimum absolute atomic E-state index is 0.372. The van der Waals surface area contributed by atoms with Gasteiger partial charge in [-0.2, -0.15) is 0 Å². The molecule has 1 aromatic heterocycles. The predicted octanol–water partition coefficient (Wildman–Crippen LogP) is 4.53. The Balaban J connectivity index is 2.08. The molecule has 21 heavy (non-hydrogen) atoms. The maximum Gasteiger partial charge on any atom is 0.0960 e. The molecule has 1 N–H and O–H groups in total. The van der Waals surface area contributed by atoms with Crippen molar-refractivity contribution < 1.29 is 0 Å². The minimum Gasteiger partial charge on any atom is -0.309 e. The summed E-state index contributed by atoms with van der Waals surface area (Å²) in [5.41, 5.74) is 4.08. The van der Waals surface area contributed by atoms with Crippen molar-refractivity contribution in [3.63, 3.8) is 0 Å². The van der Waals surface area contributed by atoms with Gasteiger partial charge >= 0.3 is 0 Å². The summed E-state index contributed by atoms with van der Waals surface area (Å²) in [6, 6.07) is 13.2. The van der Waals surface area contributed by atoms with Crippen LogP contribution in [-0.4, -0.2) is 17.3 Å². The first-order valence-electron chi connectivity index (χ1n) is 7.55. The number of thioether (sulfide) groups is 1. The van der Waals surface area contributed by atoms with E-state index in [1.807, 2.05) is 30.1 Å². The fourth-order valence-corrected chi connectivity index (χ4v) is 3.13. The van der Waals surface area contributed by atoms with Gasteiger partial charge in [0.25, 0.3) is 0 Å². The van der Waals surface area contributed by atoms with Crippen molar-refractivity contribution in [1.82, 2.24) is 10.3 Å². The highest BCUT2D eigenvalue weighted by atomic mass is 32.2. The molecule has 1 heterocycles. The zero-order chi connectivity index (χ0) is 15.1. The molecule has 0 radical (unpaired) electrons. The molecule has 0 spiro atoms. The molecule has 0 fully saturated rings. The van der Waals surface area contributed by atoms with Crippen molar-refractivity contribution in [2.75, 3.05) is 12.3 Å². The van der Waals surface area contributed by atoms with Gasteiger partial charge in [-0.15, -0.1) is 11.8 Å². The summed E-state index contributed by atoms with van der Waals surface area (Å²) in [7, 11) is 0. The van der Waals surface area contributed by atoms with E-state index in [0.717, 1.165) is 23.7 Å². The van der Waals surface area contributed by atoms with E-state index in [-0.39, 0.29) is 0 Å².